The van der Waals surface area contributed by atoms with Crippen molar-refractivity contribution in [2.75, 3.05) is 6.54 Å². The van der Waals surface area contributed by atoms with Crippen molar-refractivity contribution in [2.24, 2.45) is 5.92 Å². The molecule has 0 aliphatic heterocycles. The Morgan fingerprint density at radius 3 is 2.59 bits per heavy atom. The first-order valence-corrected chi connectivity index (χ1v) is 10.1. The van der Waals surface area contributed by atoms with E-state index in [0.717, 1.165) is 31.4 Å². The van der Waals surface area contributed by atoms with Crippen LogP contribution in [0, 0.1) is 30.3 Å². The number of benzene rings is 1. The number of amides is 1. The molecule has 4 rings (SSSR count). The number of carbonyl (C=O) groups is 1. The minimum Gasteiger partial charge on any atom is -0.503 e. The van der Waals surface area contributed by atoms with Crippen LogP contribution in [0.4, 0.5) is 13.2 Å². The van der Waals surface area contributed by atoms with Gasteiger partial charge in [0.2, 0.25) is 17.5 Å². The summed E-state index contributed by atoms with van der Waals surface area (Å²) in [6, 6.07) is 4.06. The Morgan fingerprint density at radius 1 is 1.16 bits per heavy atom. The van der Waals surface area contributed by atoms with E-state index < -0.39 is 34.7 Å². The Bertz CT molecular complexity index is 1130. The summed E-state index contributed by atoms with van der Waals surface area (Å²) in [5.41, 5.74) is 0.520. The molecule has 1 aliphatic carbocycles. The molecule has 168 valence electrons. The number of aromatic hydroxyl groups is 1. The van der Waals surface area contributed by atoms with Crippen LogP contribution < -0.4 is 5.32 Å². The summed E-state index contributed by atoms with van der Waals surface area (Å²) in [4.78, 5) is 16.6. The molecule has 11 heteroatoms. The summed E-state index contributed by atoms with van der Waals surface area (Å²) >= 11 is 0. The third-order valence-electron chi connectivity index (χ3n) is 5.59. The van der Waals surface area contributed by atoms with E-state index in [2.05, 4.69) is 25.7 Å². The van der Waals surface area contributed by atoms with Gasteiger partial charge in [0.1, 0.15) is 5.69 Å². The highest BCUT2D eigenvalue weighted by Gasteiger charge is 2.28. The van der Waals surface area contributed by atoms with E-state index in [0.29, 0.717) is 23.5 Å². The number of rotatable bonds is 5. The van der Waals surface area contributed by atoms with E-state index in [9.17, 15) is 18.0 Å². The quantitative estimate of drug-likeness (QED) is 0.574. The fourth-order valence-corrected chi connectivity index (χ4v) is 3.72. The third-order valence-corrected chi connectivity index (χ3v) is 5.59. The maximum absolute atomic E-state index is 13.8. The molecule has 2 heterocycles. The van der Waals surface area contributed by atoms with Gasteiger partial charge in [0.25, 0.3) is 5.91 Å². The number of aryl methyl sites for hydroxylation is 1. The fourth-order valence-electron chi connectivity index (χ4n) is 3.72. The molecule has 0 saturated heterocycles. The van der Waals surface area contributed by atoms with Gasteiger partial charge >= 0.3 is 0 Å². The van der Waals surface area contributed by atoms with Crippen molar-refractivity contribution in [3.8, 4) is 17.3 Å². The number of phenols is 1. The Kier molecular flexibility index (Phi) is 6.06. The molecule has 0 atom stereocenters. The van der Waals surface area contributed by atoms with Gasteiger partial charge in [-0.05, 0) is 56.7 Å². The molecule has 1 amide bonds. The van der Waals surface area contributed by atoms with Crippen LogP contribution in [0.2, 0.25) is 0 Å². The Morgan fingerprint density at radius 2 is 1.91 bits per heavy atom. The van der Waals surface area contributed by atoms with E-state index in [1.807, 2.05) is 13.0 Å². The van der Waals surface area contributed by atoms with Crippen LogP contribution in [0.15, 0.2) is 22.7 Å². The molecular formula is C21H20F3N5O3. The van der Waals surface area contributed by atoms with Gasteiger partial charge in [-0.2, -0.15) is 14.5 Å². The second-order valence-corrected chi connectivity index (χ2v) is 7.83. The Balaban J connectivity index is 1.31. The second kappa shape index (κ2) is 8.93. The van der Waals surface area contributed by atoms with Crippen molar-refractivity contribution in [1.29, 1.82) is 0 Å². The van der Waals surface area contributed by atoms with Crippen LogP contribution >= 0.6 is 0 Å². The van der Waals surface area contributed by atoms with Crippen LogP contribution in [0.25, 0.3) is 11.5 Å². The van der Waals surface area contributed by atoms with Gasteiger partial charge in [0, 0.05) is 12.5 Å². The van der Waals surface area contributed by atoms with Crippen LogP contribution in [0.1, 0.15) is 53.5 Å². The normalized spacial score (nSPS) is 18.5. The largest absolute Gasteiger partial charge is 0.503 e. The molecule has 0 unspecified atom stereocenters. The number of nitrogens with one attached hydrogen (secondary N) is 1. The van der Waals surface area contributed by atoms with Crippen molar-refractivity contribution in [3.63, 3.8) is 0 Å². The number of nitrogens with zero attached hydrogens (tertiary/aromatic N) is 4. The van der Waals surface area contributed by atoms with Gasteiger partial charge < -0.3 is 14.9 Å². The van der Waals surface area contributed by atoms with Crippen LogP contribution in [0.3, 0.4) is 0 Å². The number of hydrogen-bond acceptors (Lipinski definition) is 7. The van der Waals surface area contributed by atoms with Gasteiger partial charge in [0.05, 0.1) is 11.3 Å². The lowest BCUT2D eigenvalue weighted by Crippen LogP contribution is -2.32. The van der Waals surface area contributed by atoms with E-state index in [-0.39, 0.29) is 18.4 Å². The molecule has 2 N–H and O–H groups in total. The summed E-state index contributed by atoms with van der Waals surface area (Å²) < 4.78 is 46.2. The zero-order valence-electron chi connectivity index (χ0n) is 17.1. The molecule has 0 radical (unpaired) electrons. The molecule has 1 fully saturated rings. The van der Waals surface area contributed by atoms with Crippen molar-refractivity contribution < 1.29 is 27.6 Å². The van der Waals surface area contributed by atoms with E-state index in [1.165, 1.54) is 0 Å². The van der Waals surface area contributed by atoms with Gasteiger partial charge in [-0.3, -0.25) is 4.79 Å². The highest BCUT2D eigenvalue weighted by atomic mass is 19.2. The van der Waals surface area contributed by atoms with E-state index in [1.54, 1.807) is 6.07 Å². The van der Waals surface area contributed by atoms with Gasteiger partial charge in [-0.1, -0.05) is 5.16 Å². The molecule has 1 aromatic carbocycles. The lowest BCUT2D eigenvalue weighted by molar-refractivity contribution is 0.0936. The molecule has 0 spiro atoms. The van der Waals surface area contributed by atoms with Gasteiger partial charge in [-0.25, -0.2) is 8.78 Å². The number of hydrogen-bond donors (Lipinski definition) is 2. The van der Waals surface area contributed by atoms with Crippen molar-refractivity contribution in [1.82, 2.24) is 25.7 Å². The average Bonchev–Trinajstić information content (AvgIpc) is 3.29. The first-order chi connectivity index (χ1) is 15.3. The minimum atomic E-state index is -1.79. The SMILES string of the molecule is Cc1ccc(-c2noc(C3CCC(CNC(=O)c4cc(F)c(O)c(F)c4F)CC3)n2)nn1. The number of phenolic OH excluding ortho intramolecular Hbond substituents is 1. The maximum Gasteiger partial charge on any atom is 0.254 e. The van der Waals surface area contributed by atoms with Gasteiger partial charge in [-0.15, -0.1) is 5.10 Å². The zero-order valence-corrected chi connectivity index (χ0v) is 17.1. The van der Waals surface area contributed by atoms with Crippen LogP contribution in [-0.4, -0.2) is 37.9 Å². The molecule has 1 aliphatic rings. The Hall–Kier alpha value is -3.50. The predicted octanol–water partition coefficient (Wildman–Crippen LogP) is 3.66. The monoisotopic (exact) mass is 447 g/mol. The topological polar surface area (TPSA) is 114 Å². The third kappa shape index (κ3) is 4.41. The summed E-state index contributed by atoms with van der Waals surface area (Å²) in [5, 5.41) is 23.6. The first-order valence-electron chi connectivity index (χ1n) is 10.1. The van der Waals surface area contributed by atoms with Crippen LogP contribution in [-0.2, 0) is 0 Å². The zero-order chi connectivity index (χ0) is 22.8. The highest BCUT2D eigenvalue weighted by molar-refractivity contribution is 5.94. The van der Waals surface area contributed by atoms with Gasteiger partial charge in [0.15, 0.2) is 17.4 Å². The lowest BCUT2D eigenvalue weighted by Gasteiger charge is -2.26. The minimum absolute atomic E-state index is 0.0688. The number of carbonyl (C=O) groups excluding carboxylic acids is 1. The molecule has 1 saturated carbocycles. The van der Waals surface area contributed by atoms with E-state index in [4.69, 9.17) is 9.63 Å². The molecule has 0 bridgehead atoms. The van der Waals surface area contributed by atoms with E-state index >= 15 is 0 Å². The number of halogens is 3. The molecule has 8 nitrogen and oxygen atoms in total. The standard InChI is InChI=1S/C21H20F3N5O3/c1-10-2-7-15(28-27-10)19-26-21(32-29-19)12-5-3-11(4-6-12)9-25-20(31)13-8-14(22)18(30)17(24)16(13)23/h2,7-8,11-12,30H,3-6,9H2,1H3,(H,25,31). The molecule has 3 aromatic rings. The summed E-state index contributed by atoms with van der Waals surface area (Å²) in [6.07, 6.45) is 2.98. The smallest absolute Gasteiger partial charge is 0.254 e. The second-order valence-electron chi connectivity index (χ2n) is 7.83. The maximum atomic E-state index is 13.8. The summed E-state index contributed by atoms with van der Waals surface area (Å²) in [5.74, 6) is -6.10. The molecule has 32 heavy (non-hydrogen) atoms. The summed E-state index contributed by atoms with van der Waals surface area (Å²) in [6.45, 7) is 2.06. The lowest BCUT2D eigenvalue weighted by atomic mass is 9.82. The highest BCUT2D eigenvalue weighted by Crippen LogP contribution is 2.35. The number of aromatic nitrogens is 4. The van der Waals surface area contributed by atoms with Crippen LogP contribution in [0.5, 0.6) is 5.75 Å². The Labute approximate surface area is 180 Å². The average molecular weight is 447 g/mol. The summed E-state index contributed by atoms with van der Waals surface area (Å²) in [7, 11) is 0. The van der Waals surface area contributed by atoms with Crippen molar-refractivity contribution in [3.05, 3.63) is 52.8 Å². The molecular weight excluding hydrogens is 427 g/mol. The molecule has 2 aromatic heterocycles. The fraction of sp³-hybridized carbons (Fsp3) is 0.381. The predicted molar refractivity (Wildman–Crippen MR) is 105 cm³/mol. The van der Waals surface area contributed by atoms with Crippen molar-refractivity contribution in [2.45, 2.75) is 38.5 Å². The van der Waals surface area contributed by atoms with Crippen molar-refractivity contribution >= 4 is 5.91 Å². The first kappa shape index (κ1) is 21.7.